The van der Waals surface area contributed by atoms with Gasteiger partial charge >= 0.3 is 0 Å². The summed E-state index contributed by atoms with van der Waals surface area (Å²) in [5.74, 6) is 0.0351. The predicted molar refractivity (Wildman–Crippen MR) is 129 cm³/mol. The SMILES string of the molecule is CC(C(=O)N1c2ccccc2Sc2ccccc21)N(c1ccccc1)c1ccccc1. The molecule has 0 bridgehead atoms. The summed E-state index contributed by atoms with van der Waals surface area (Å²) in [5.41, 5.74) is 3.85. The van der Waals surface area contributed by atoms with Gasteiger partial charge < -0.3 is 4.90 Å². The molecule has 0 saturated heterocycles. The second-order valence-corrected chi connectivity index (χ2v) is 8.51. The number of fused-ring (bicyclic) bond motifs is 2. The van der Waals surface area contributed by atoms with E-state index < -0.39 is 6.04 Å². The average molecular weight is 423 g/mol. The van der Waals surface area contributed by atoms with Crippen LogP contribution >= 0.6 is 11.8 Å². The van der Waals surface area contributed by atoms with Crippen molar-refractivity contribution in [3.05, 3.63) is 109 Å². The van der Waals surface area contributed by atoms with Gasteiger partial charge in [-0.05, 0) is 55.5 Å². The molecule has 1 heterocycles. The lowest BCUT2D eigenvalue weighted by Gasteiger charge is -2.37. The van der Waals surface area contributed by atoms with Crippen molar-refractivity contribution in [3.8, 4) is 0 Å². The van der Waals surface area contributed by atoms with E-state index in [2.05, 4.69) is 17.0 Å². The smallest absolute Gasteiger partial charge is 0.254 e. The van der Waals surface area contributed by atoms with Gasteiger partial charge in [-0.2, -0.15) is 0 Å². The molecule has 0 aliphatic carbocycles. The number of carbonyl (C=O) groups excluding carboxylic acids is 1. The van der Waals surface area contributed by atoms with E-state index in [0.717, 1.165) is 32.5 Å². The van der Waals surface area contributed by atoms with Gasteiger partial charge in [0, 0.05) is 21.2 Å². The molecule has 4 aromatic rings. The van der Waals surface area contributed by atoms with E-state index in [-0.39, 0.29) is 5.91 Å². The van der Waals surface area contributed by atoms with E-state index >= 15 is 0 Å². The zero-order valence-electron chi connectivity index (χ0n) is 17.2. The molecule has 31 heavy (non-hydrogen) atoms. The molecule has 1 aliphatic rings. The van der Waals surface area contributed by atoms with Gasteiger partial charge in [-0.3, -0.25) is 9.69 Å². The first kappa shape index (κ1) is 19.5. The Labute approximate surface area is 186 Å². The number of rotatable bonds is 4. The molecule has 1 amide bonds. The molecule has 4 heteroatoms. The first-order valence-corrected chi connectivity index (χ1v) is 11.1. The van der Waals surface area contributed by atoms with Crippen LogP contribution < -0.4 is 9.80 Å². The molecule has 1 atom stereocenters. The predicted octanol–water partition coefficient (Wildman–Crippen LogP) is 7.04. The zero-order valence-corrected chi connectivity index (χ0v) is 18.0. The Morgan fingerprint density at radius 1 is 0.677 bits per heavy atom. The van der Waals surface area contributed by atoms with Gasteiger partial charge in [0.2, 0.25) is 0 Å². The second kappa shape index (κ2) is 8.32. The highest BCUT2D eigenvalue weighted by atomic mass is 32.2. The molecule has 152 valence electrons. The van der Waals surface area contributed by atoms with Crippen molar-refractivity contribution in [2.75, 3.05) is 9.80 Å². The Morgan fingerprint density at radius 2 is 1.10 bits per heavy atom. The van der Waals surface area contributed by atoms with E-state index in [9.17, 15) is 4.79 Å². The fraction of sp³-hybridized carbons (Fsp3) is 0.0741. The molecule has 0 saturated carbocycles. The van der Waals surface area contributed by atoms with Crippen LogP contribution in [0.4, 0.5) is 22.7 Å². The summed E-state index contributed by atoms with van der Waals surface area (Å²) in [4.78, 5) is 20.3. The molecule has 0 radical (unpaired) electrons. The Kier molecular flexibility index (Phi) is 5.23. The van der Waals surface area contributed by atoms with E-state index in [1.54, 1.807) is 11.8 Å². The van der Waals surface area contributed by atoms with Gasteiger partial charge in [-0.15, -0.1) is 0 Å². The van der Waals surface area contributed by atoms with Crippen LogP contribution in [0, 0.1) is 0 Å². The minimum atomic E-state index is -0.408. The monoisotopic (exact) mass is 422 g/mol. The largest absolute Gasteiger partial charge is 0.329 e. The van der Waals surface area contributed by atoms with Gasteiger partial charge in [0.25, 0.3) is 5.91 Å². The molecule has 0 fully saturated rings. The fourth-order valence-corrected chi connectivity index (χ4v) is 5.07. The summed E-state index contributed by atoms with van der Waals surface area (Å²) >= 11 is 1.71. The lowest BCUT2D eigenvalue weighted by molar-refractivity contribution is -0.118. The zero-order chi connectivity index (χ0) is 21.2. The van der Waals surface area contributed by atoms with E-state index in [1.165, 1.54) is 0 Å². The molecule has 0 N–H and O–H groups in total. The quantitative estimate of drug-likeness (QED) is 0.352. The lowest BCUT2D eigenvalue weighted by atomic mass is 10.1. The van der Waals surface area contributed by atoms with Crippen molar-refractivity contribution >= 4 is 40.4 Å². The standard InChI is InChI=1S/C27H22N2OS/c1-20(28(21-12-4-2-5-13-21)22-14-6-3-7-15-22)27(30)29-23-16-8-10-18-25(23)31-26-19-11-9-17-24(26)29/h2-20H,1H3. The van der Waals surface area contributed by atoms with Crippen molar-refractivity contribution in [3.63, 3.8) is 0 Å². The minimum absolute atomic E-state index is 0.0351. The summed E-state index contributed by atoms with van der Waals surface area (Å²) in [6.45, 7) is 1.98. The second-order valence-electron chi connectivity index (χ2n) is 7.43. The van der Waals surface area contributed by atoms with Crippen molar-refractivity contribution in [2.45, 2.75) is 22.8 Å². The maximum atomic E-state index is 14.1. The van der Waals surface area contributed by atoms with E-state index in [4.69, 9.17) is 0 Å². The molecule has 3 nitrogen and oxygen atoms in total. The van der Waals surface area contributed by atoms with Crippen LogP contribution in [0.15, 0.2) is 119 Å². The molecular weight excluding hydrogens is 400 g/mol. The summed E-state index contributed by atoms with van der Waals surface area (Å²) in [6, 6.07) is 36.0. The van der Waals surface area contributed by atoms with Crippen LogP contribution in [0.25, 0.3) is 0 Å². The van der Waals surface area contributed by atoms with Gasteiger partial charge in [0.1, 0.15) is 6.04 Å². The van der Waals surface area contributed by atoms with E-state index in [1.807, 2.05) is 109 Å². The summed E-state index contributed by atoms with van der Waals surface area (Å²) in [7, 11) is 0. The van der Waals surface area contributed by atoms with Crippen molar-refractivity contribution in [1.82, 2.24) is 0 Å². The summed E-state index contributed by atoms with van der Waals surface area (Å²) in [5, 5.41) is 0. The van der Waals surface area contributed by atoms with Crippen LogP contribution in [0.3, 0.4) is 0 Å². The molecule has 1 unspecified atom stereocenters. The number of nitrogens with zero attached hydrogens (tertiary/aromatic N) is 2. The van der Waals surface area contributed by atoms with Crippen molar-refractivity contribution in [1.29, 1.82) is 0 Å². The van der Waals surface area contributed by atoms with Gasteiger partial charge in [-0.1, -0.05) is 72.4 Å². The summed E-state index contributed by atoms with van der Waals surface area (Å²) < 4.78 is 0. The number of para-hydroxylation sites is 4. The third kappa shape index (κ3) is 3.60. The molecule has 0 spiro atoms. The van der Waals surface area contributed by atoms with Crippen LogP contribution in [0.2, 0.25) is 0 Å². The first-order chi connectivity index (χ1) is 15.2. The Hall–Kier alpha value is -3.50. The van der Waals surface area contributed by atoms with Gasteiger partial charge in [0.05, 0.1) is 11.4 Å². The Morgan fingerprint density at radius 3 is 1.58 bits per heavy atom. The molecule has 4 aromatic carbocycles. The third-order valence-corrected chi connectivity index (χ3v) is 6.60. The topological polar surface area (TPSA) is 23.6 Å². The lowest BCUT2D eigenvalue weighted by Crippen LogP contribution is -2.44. The van der Waals surface area contributed by atoms with E-state index in [0.29, 0.717) is 0 Å². The third-order valence-electron chi connectivity index (χ3n) is 5.47. The van der Waals surface area contributed by atoms with Gasteiger partial charge in [0.15, 0.2) is 0 Å². The normalized spacial score (nSPS) is 13.1. The van der Waals surface area contributed by atoms with Crippen LogP contribution in [-0.4, -0.2) is 11.9 Å². The Bertz CT molecular complexity index is 1130. The van der Waals surface area contributed by atoms with Crippen molar-refractivity contribution < 1.29 is 4.79 Å². The minimum Gasteiger partial charge on any atom is -0.329 e. The highest BCUT2D eigenvalue weighted by Crippen LogP contribution is 2.48. The molecular formula is C27H22N2OS. The Balaban J connectivity index is 1.61. The molecule has 0 aromatic heterocycles. The highest BCUT2D eigenvalue weighted by molar-refractivity contribution is 7.99. The maximum Gasteiger partial charge on any atom is 0.254 e. The summed E-state index contributed by atoms with van der Waals surface area (Å²) in [6.07, 6.45) is 0. The van der Waals surface area contributed by atoms with Crippen LogP contribution in [0.5, 0.6) is 0 Å². The molecule has 1 aliphatic heterocycles. The number of hydrogen-bond acceptors (Lipinski definition) is 3. The molecule has 5 rings (SSSR count). The average Bonchev–Trinajstić information content (AvgIpc) is 2.83. The van der Waals surface area contributed by atoms with Crippen LogP contribution in [0.1, 0.15) is 6.92 Å². The number of carbonyl (C=O) groups is 1. The first-order valence-electron chi connectivity index (χ1n) is 10.3. The highest BCUT2D eigenvalue weighted by Gasteiger charge is 2.33. The van der Waals surface area contributed by atoms with Gasteiger partial charge in [-0.25, -0.2) is 0 Å². The number of amides is 1. The maximum absolute atomic E-state index is 14.1. The number of hydrogen-bond donors (Lipinski definition) is 0. The van der Waals surface area contributed by atoms with Crippen LogP contribution in [-0.2, 0) is 4.79 Å². The number of benzene rings is 4. The fourth-order valence-electron chi connectivity index (χ4n) is 4.01. The number of anilines is 4. The van der Waals surface area contributed by atoms with Crippen molar-refractivity contribution in [2.24, 2.45) is 0 Å².